The van der Waals surface area contributed by atoms with Crippen LogP contribution in [0.3, 0.4) is 0 Å². The lowest BCUT2D eigenvalue weighted by Gasteiger charge is -2.10. The fraction of sp³-hybridized carbons (Fsp3) is 0.0952. The minimum atomic E-state index is 0.535. The Morgan fingerprint density at radius 3 is 2.50 bits per heavy atom. The Bertz CT molecular complexity index is 843. The molecule has 0 amide bonds. The van der Waals surface area contributed by atoms with E-state index in [4.69, 9.17) is 4.74 Å². The number of para-hydroxylation sites is 1. The lowest BCUT2D eigenvalue weighted by Crippen LogP contribution is -1.98. The van der Waals surface area contributed by atoms with Gasteiger partial charge in [-0.15, -0.1) is 0 Å². The second kappa shape index (κ2) is 7.93. The summed E-state index contributed by atoms with van der Waals surface area (Å²) in [7, 11) is 0. The smallest absolute Gasteiger partial charge is 0.128 e. The molecule has 3 aromatic rings. The third-order valence-corrected chi connectivity index (χ3v) is 4.16. The SMILES string of the molecule is Cc1ccccc1N=Cc1cc(Br)ccc1OCc1ccccc1. The van der Waals surface area contributed by atoms with Crippen molar-refractivity contribution in [3.05, 3.63) is 94.0 Å². The van der Waals surface area contributed by atoms with Crippen LogP contribution in [0.5, 0.6) is 5.75 Å². The van der Waals surface area contributed by atoms with E-state index in [0.29, 0.717) is 6.61 Å². The van der Waals surface area contributed by atoms with E-state index in [1.165, 1.54) is 0 Å². The van der Waals surface area contributed by atoms with Crippen LogP contribution in [0.15, 0.2) is 82.3 Å². The lowest BCUT2D eigenvalue weighted by molar-refractivity contribution is 0.306. The van der Waals surface area contributed by atoms with Crippen LogP contribution in [0.1, 0.15) is 16.7 Å². The van der Waals surface area contributed by atoms with E-state index in [-0.39, 0.29) is 0 Å². The largest absolute Gasteiger partial charge is 0.488 e. The molecule has 120 valence electrons. The van der Waals surface area contributed by atoms with E-state index < -0.39 is 0 Å². The van der Waals surface area contributed by atoms with Gasteiger partial charge >= 0.3 is 0 Å². The summed E-state index contributed by atoms with van der Waals surface area (Å²) >= 11 is 3.52. The van der Waals surface area contributed by atoms with Crippen molar-refractivity contribution in [2.24, 2.45) is 4.99 Å². The Morgan fingerprint density at radius 2 is 1.71 bits per heavy atom. The number of aryl methyl sites for hydroxylation is 1. The van der Waals surface area contributed by atoms with Gasteiger partial charge in [-0.2, -0.15) is 0 Å². The van der Waals surface area contributed by atoms with Crippen molar-refractivity contribution in [2.45, 2.75) is 13.5 Å². The predicted molar refractivity (Wildman–Crippen MR) is 103 cm³/mol. The van der Waals surface area contributed by atoms with Gasteiger partial charge < -0.3 is 4.74 Å². The molecule has 0 aliphatic heterocycles. The maximum atomic E-state index is 5.98. The molecule has 0 saturated carbocycles. The summed E-state index contributed by atoms with van der Waals surface area (Å²) in [4.78, 5) is 4.61. The molecule has 3 rings (SSSR count). The van der Waals surface area contributed by atoms with E-state index in [1.54, 1.807) is 0 Å². The molecule has 0 aliphatic carbocycles. The minimum Gasteiger partial charge on any atom is -0.488 e. The van der Waals surface area contributed by atoms with Crippen LogP contribution in [0.2, 0.25) is 0 Å². The number of halogens is 1. The van der Waals surface area contributed by atoms with Gasteiger partial charge in [0.2, 0.25) is 0 Å². The van der Waals surface area contributed by atoms with Gasteiger partial charge in [0.05, 0.1) is 5.69 Å². The van der Waals surface area contributed by atoms with Crippen LogP contribution in [0.4, 0.5) is 5.69 Å². The predicted octanol–water partition coefficient (Wildman–Crippen LogP) is 6.09. The van der Waals surface area contributed by atoms with E-state index in [9.17, 15) is 0 Å². The monoisotopic (exact) mass is 379 g/mol. The van der Waals surface area contributed by atoms with Gasteiger partial charge in [0, 0.05) is 16.3 Å². The Kier molecular flexibility index (Phi) is 5.44. The number of hydrogen-bond donors (Lipinski definition) is 0. The Balaban J connectivity index is 1.82. The highest BCUT2D eigenvalue weighted by Gasteiger charge is 2.04. The normalized spacial score (nSPS) is 10.9. The standard InChI is InChI=1S/C21H18BrNO/c1-16-7-5-6-10-20(16)23-14-18-13-19(22)11-12-21(18)24-15-17-8-3-2-4-9-17/h2-14H,15H2,1H3. The second-order valence-electron chi connectivity index (χ2n) is 5.50. The van der Waals surface area contributed by atoms with Crippen molar-refractivity contribution in [2.75, 3.05) is 0 Å². The molecule has 0 bridgehead atoms. The first-order valence-electron chi connectivity index (χ1n) is 7.78. The summed E-state index contributed by atoms with van der Waals surface area (Å²) < 4.78 is 6.99. The van der Waals surface area contributed by atoms with Crippen LogP contribution in [-0.2, 0) is 6.61 Å². The van der Waals surface area contributed by atoms with Gasteiger partial charge in [-0.05, 0) is 42.3 Å². The van der Waals surface area contributed by atoms with Crippen molar-refractivity contribution in [1.82, 2.24) is 0 Å². The highest BCUT2D eigenvalue weighted by atomic mass is 79.9. The molecule has 0 fully saturated rings. The average molecular weight is 380 g/mol. The molecule has 3 heteroatoms. The quantitative estimate of drug-likeness (QED) is 0.491. The van der Waals surface area contributed by atoms with Gasteiger partial charge in [-0.3, -0.25) is 4.99 Å². The fourth-order valence-corrected chi connectivity index (χ4v) is 2.71. The zero-order chi connectivity index (χ0) is 16.8. The molecule has 0 heterocycles. The van der Waals surface area contributed by atoms with Crippen molar-refractivity contribution in [3.8, 4) is 5.75 Å². The van der Waals surface area contributed by atoms with Gasteiger partial charge in [-0.1, -0.05) is 64.5 Å². The molecule has 24 heavy (non-hydrogen) atoms. The van der Waals surface area contributed by atoms with Crippen LogP contribution in [0.25, 0.3) is 0 Å². The third kappa shape index (κ3) is 4.33. The molecule has 0 atom stereocenters. The maximum absolute atomic E-state index is 5.98. The molecule has 0 unspecified atom stereocenters. The van der Waals surface area contributed by atoms with Gasteiger partial charge in [0.25, 0.3) is 0 Å². The summed E-state index contributed by atoms with van der Waals surface area (Å²) in [5.74, 6) is 0.819. The van der Waals surface area contributed by atoms with E-state index in [1.807, 2.05) is 60.8 Å². The molecule has 0 aliphatic rings. The highest BCUT2D eigenvalue weighted by Crippen LogP contribution is 2.24. The molecule has 2 nitrogen and oxygen atoms in total. The Labute approximate surface area is 151 Å². The number of ether oxygens (including phenoxy) is 1. The molecule has 0 radical (unpaired) electrons. The average Bonchev–Trinajstić information content (AvgIpc) is 2.61. The van der Waals surface area contributed by atoms with E-state index in [0.717, 1.165) is 32.6 Å². The van der Waals surface area contributed by atoms with E-state index >= 15 is 0 Å². The third-order valence-electron chi connectivity index (χ3n) is 3.67. The van der Waals surface area contributed by atoms with Crippen LogP contribution < -0.4 is 4.74 Å². The zero-order valence-corrected chi connectivity index (χ0v) is 15.0. The van der Waals surface area contributed by atoms with Crippen molar-refractivity contribution >= 4 is 27.8 Å². The lowest BCUT2D eigenvalue weighted by atomic mass is 10.2. The summed E-state index contributed by atoms with van der Waals surface area (Å²) in [6.07, 6.45) is 1.85. The van der Waals surface area contributed by atoms with Gasteiger partial charge in [-0.25, -0.2) is 0 Å². The number of aliphatic imine (C=N–C) groups is 1. The molecule has 0 saturated heterocycles. The summed E-state index contributed by atoms with van der Waals surface area (Å²) in [5.41, 5.74) is 4.20. The molecule has 0 aromatic heterocycles. The van der Waals surface area contributed by atoms with Crippen molar-refractivity contribution < 1.29 is 4.74 Å². The first-order chi connectivity index (χ1) is 11.7. The number of rotatable bonds is 5. The van der Waals surface area contributed by atoms with Crippen LogP contribution in [0, 0.1) is 6.92 Å². The van der Waals surface area contributed by atoms with Crippen LogP contribution in [-0.4, -0.2) is 6.21 Å². The maximum Gasteiger partial charge on any atom is 0.128 e. The second-order valence-corrected chi connectivity index (χ2v) is 6.42. The number of hydrogen-bond acceptors (Lipinski definition) is 2. The Morgan fingerprint density at radius 1 is 0.958 bits per heavy atom. The van der Waals surface area contributed by atoms with Crippen LogP contribution >= 0.6 is 15.9 Å². The Hall–Kier alpha value is -2.39. The van der Waals surface area contributed by atoms with Gasteiger partial charge in [0.1, 0.15) is 12.4 Å². The van der Waals surface area contributed by atoms with Crippen molar-refractivity contribution in [3.63, 3.8) is 0 Å². The molecule has 0 N–H and O–H groups in total. The summed E-state index contributed by atoms with van der Waals surface area (Å²) in [6.45, 7) is 2.59. The highest BCUT2D eigenvalue weighted by molar-refractivity contribution is 9.10. The molecule has 3 aromatic carbocycles. The van der Waals surface area contributed by atoms with E-state index in [2.05, 4.69) is 46.0 Å². The topological polar surface area (TPSA) is 21.6 Å². The molecular weight excluding hydrogens is 362 g/mol. The first-order valence-corrected chi connectivity index (χ1v) is 8.57. The zero-order valence-electron chi connectivity index (χ0n) is 13.4. The first kappa shape index (κ1) is 16.5. The number of nitrogens with zero attached hydrogens (tertiary/aromatic N) is 1. The molecule has 0 spiro atoms. The van der Waals surface area contributed by atoms with Crippen molar-refractivity contribution in [1.29, 1.82) is 0 Å². The summed E-state index contributed by atoms with van der Waals surface area (Å²) in [6, 6.07) is 24.2. The summed E-state index contributed by atoms with van der Waals surface area (Å²) in [5, 5.41) is 0. The number of benzene rings is 3. The molecular formula is C21H18BrNO. The van der Waals surface area contributed by atoms with Gasteiger partial charge in [0.15, 0.2) is 0 Å². The fourth-order valence-electron chi connectivity index (χ4n) is 2.33. The minimum absolute atomic E-state index is 0.535.